The van der Waals surface area contributed by atoms with Crippen LogP contribution in [0.5, 0.6) is 5.75 Å². The maximum absolute atomic E-state index is 12.9. The molecule has 1 N–H and O–H groups in total. The Bertz CT molecular complexity index is 1120. The van der Waals surface area contributed by atoms with Crippen LogP contribution in [0.3, 0.4) is 0 Å². The predicted octanol–water partition coefficient (Wildman–Crippen LogP) is 3.56. The SMILES string of the molecule is C=C(C(=O)Oc1ccc2ccccc2c1)C1(O)C(=O)N(CC)c2ccccc21. The summed E-state index contributed by atoms with van der Waals surface area (Å²) in [4.78, 5) is 27.1. The molecule has 140 valence electrons. The number of hydrogen-bond acceptors (Lipinski definition) is 4. The van der Waals surface area contributed by atoms with Gasteiger partial charge in [0.15, 0.2) is 0 Å². The second-order valence-corrected chi connectivity index (χ2v) is 6.65. The van der Waals surface area contributed by atoms with Gasteiger partial charge < -0.3 is 14.7 Å². The van der Waals surface area contributed by atoms with Crippen molar-refractivity contribution in [1.29, 1.82) is 0 Å². The fraction of sp³-hybridized carbons (Fsp3) is 0.130. The summed E-state index contributed by atoms with van der Waals surface area (Å²) in [7, 11) is 0. The smallest absolute Gasteiger partial charge is 0.342 e. The van der Waals surface area contributed by atoms with E-state index in [1.165, 1.54) is 4.90 Å². The number of anilines is 1. The molecule has 28 heavy (non-hydrogen) atoms. The molecule has 0 bridgehead atoms. The van der Waals surface area contributed by atoms with Crippen molar-refractivity contribution >= 4 is 28.3 Å². The van der Waals surface area contributed by atoms with E-state index in [2.05, 4.69) is 6.58 Å². The van der Waals surface area contributed by atoms with Crippen LogP contribution in [-0.2, 0) is 15.2 Å². The Labute approximate surface area is 162 Å². The lowest BCUT2D eigenvalue weighted by molar-refractivity contribution is -0.140. The number of likely N-dealkylation sites (N-methyl/N-ethyl adjacent to an activating group) is 1. The summed E-state index contributed by atoms with van der Waals surface area (Å²) in [6.45, 7) is 5.88. The largest absolute Gasteiger partial charge is 0.423 e. The average molecular weight is 373 g/mol. The van der Waals surface area contributed by atoms with Gasteiger partial charge in [-0.1, -0.05) is 55.1 Å². The number of rotatable bonds is 4. The van der Waals surface area contributed by atoms with Gasteiger partial charge in [0.05, 0.1) is 11.3 Å². The van der Waals surface area contributed by atoms with Crippen LogP contribution >= 0.6 is 0 Å². The van der Waals surface area contributed by atoms with Crippen LogP contribution in [-0.4, -0.2) is 23.5 Å². The average Bonchev–Trinajstić information content (AvgIpc) is 2.95. The predicted molar refractivity (Wildman–Crippen MR) is 107 cm³/mol. The van der Waals surface area contributed by atoms with E-state index in [-0.39, 0.29) is 5.57 Å². The van der Waals surface area contributed by atoms with Crippen molar-refractivity contribution in [1.82, 2.24) is 0 Å². The third-order valence-corrected chi connectivity index (χ3v) is 5.07. The number of amides is 1. The summed E-state index contributed by atoms with van der Waals surface area (Å²) < 4.78 is 5.42. The van der Waals surface area contributed by atoms with E-state index in [0.29, 0.717) is 23.5 Å². The zero-order valence-corrected chi connectivity index (χ0v) is 15.4. The van der Waals surface area contributed by atoms with Gasteiger partial charge in [0, 0.05) is 12.1 Å². The Morgan fingerprint density at radius 1 is 1.07 bits per heavy atom. The van der Waals surface area contributed by atoms with Gasteiger partial charge in [0.1, 0.15) is 5.75 Å². The Morgan fingerprint density at radius 3 is 2.50 bits per heavy atom. The third kappa shape index (κ3) is 2.60. The molecule has 0 saturated heterocycles. The summed E-state index contributed by atoms with van der Waals surface area (Å²) in [6, 6.07) is 19.7. The molecule has 0 saturated carbocycles. The number of carbonyl (C=O) groups excluding carboxylic acids is 2. The first-order chi connectivity index (χ1) is 13.5. The minimum Gasteiger partial charge on any atom is -0.423 e. The standard InChI is InChI=1S/C23H19NO4/c1-3-24-20-11-7-6-10-19(20)23(27,22(24)26)15(2)21(25)28-18-13-12-16-8-4-5-9-17(16)14-18/h4-14,27H,2-3H2,1H3. The van der Waals surface area contributed by atoms with Gasteiger partial charge in [-0.3, -0.25) is 4.79 Å². The molecule has 5 nitrogen and oxygen atoms in total. The Morgan fingerprint density at radius 2 is 1.75 bits per heavy atom. The number of nitrogens with zero attached hydrogens (tertiary/aromatic N) is 1. The lowest BCUT2D eigenvalue weighted by Gasteiger charge is -2.23. The van der Waals surface area contributed by atoms with Crippen molar-refractivity contribution in [3.8, 4) is 5.75 Å². The monoisotopic (exact) mass is 373 g/mol. The highest BCUT2D eigenvalue weighted by atomic mass is 16.5. The summed E-state index contributed by atoms with van der Waals surface area (Å²) in [5.74, 6) is -1.13. The molecule has 0 fully saturated rings. The van der Waals surface area contributed by atoms with Gasteiger partial charge in [-0.15, -0.1) is 0 Å². The number of benzene rings is 3. The Hall–Kier alpha value is -3.44. The second kappa shape index (κ2) is 6.62. The van der Waals surface area contributed by atoms with Crippen molar-refractivity contribution < 1.29 is 19.4 Å². The molecule has 0 spiro atoms. The third-order valence-electron chi connectivity index (χ3n) is 5.07. The van der Waals surface area contributed by atoms with E-state index in [4.69, 9.17) is 4.74 Å². The highest BCUT2D eigenvalue weighted by Gasteiger charge is 2.53. The first-order valence-electron chi connectivity index (χ1n) is 9.01. The van der Waals surface area contributed by atoms with Crippen molar-refractivity contribution in [2.45, 2.75) is 12.5 Å². The van der Waals surface area contributed by atoms with Crippen molar-refractivity contribution in [3.05, 3.63) is 84.4 Å². The van der Waals surface area contributed by atoms with Crippen LogP contribution in [0.4, 0.5) is 5.69 Å². The molecular weight excluding hydrogens is 354 g/mol. The Kier molecular flexibility index (Phi) is 4.24. The van der Waals surface area contributed by atoms with Gasteiger partial charge >= 0.3 is 5.97 Å². The Balaban J connectivity index is 1.66. The van der Waals surface area contributed by atoms with Crippen molar-refractivity contribution in [3.63, 3.8) is 0 Å². The number of para-hydroxylation sites is 1. The number of aliphatic hydroxyl groups is 1. The molecule has 1 heterocycles. The highest BCUT2D eigenvalue weighted by Crippen LogP contribution is 2.44. The summed E-state index contributed by atoms with van der Waals surface area (Å²) >= 11 is 0. The molecule has 3 aromatic carbocycles. The first kappa shape index (κ1) is 17.9. The van der Waals surface area contributed by atoms with Gasteiger partial charge in [0.25, 0.3) is 5.91 Å². The van der Waals surface area contributed by atoms with E-state index in [9.17, 15) is 14.7 Å². The molecule has 1 amide bonds. The van der Waals surface area contributed by atoms with Crippen LogP contribution < -0.4 is 9.64 Å². The topological polar surface area (TPSA) is 66.8 Å². The van der Waals surface area contributed by atoms with Crippen molar-refractivity contribution in [2.75, 3.05) is 11.4 Å². The minimum atomic E-state index is -2.14. The second-order valence-electron chi connectivity index (χ2n) is 6.65. The molecule has 1 aliphatic rings. The van der Waals surface area contributed by atoms with E-state index in [1.807, 2.05) is 30.3 Å². The van der Waals surface area contributed by atoms with Gasteiger partial charge in [0.2, 0.25) is 5.60 Å². The highest BCUT2D eigenvalue weighted by molar-refractivity contribution is 6.14. The summed E-state index contributed by atoms with van der Waals surface area (Å²) in [5.41, 5.74) is -1.55. The number of esters is 1. The number of carbonyl (C=O) groups is 2. The normalized spacial score (nSPS) is 18.2. The molecule has 0 aliphatic carbocycles. The number of ether oxygens (including phenoxy) is 1. The fourth-order valence-corrected chi connectivity index (χ4v) is 3.59. The van der Waals surface area contributed by atoms with Crippen LogP contribution in [0.25, 0.3) is 10.8 Å². The van der Waals surface area contributed by atoms with Crippen LogP contribution in [0, 0.1) is 0 Å². The summed E-state index contributed by atoms with van der Waals surface area (Å²) in [6.07, 6.45) is 0. The zero-order valence-electron chi connectivity index (χ0n) is 15.4. The molecular formula is C23H19NO4. The zero-order chi connectivity index (χ0) is 19.9. The molecule has 1 atom stereocenters. The maximum Gasteiger partial charge on any atom is 0.342 e. The van der Waals surface area contributed by atoms with Gasteiger partial charge in [-0.25, -0.2) is 4.79 Å². The minimum absolute atomic E-state index is 0.311. The van der Waals surface area contributed by atoms with E-state index < -0.39 is 17.5 Å². The lowest BCUT2D eigenvalue weighted by atomic mass is 9.88. The molecule has 0 radical (unpaired) electrons. The molecule has 5 heteroatoms. The van der Waals surface area contributed by atoms with E-state index in [1.54, 1.807) is 43.3 Å². The maximum atomic E-state index is 12.9. The molecule has 1 unspecified atom stereocenters. The van der Waals surface area contributed by atoms with Crippen LogP contribution in [0.1, 0.15) is 12.5 Å². The van der Waals surface area contributed by atoms with Crippen LogP contribution in [0.2, 0.25) is 0 Å². The molecule has 1 aliphatic heterocycles. The lowest BCUT2D eigenvalue weighted by Crippen LogP contribution is -2.44. The fourth-order valence-electron chi connectivity index (χ4n) is 3.59. The quantitative estimate of drug-likeness (QED) is 0.431. The van der Waals surface area contributed by atoms with E-state index >= 15 is 0 Å². The van der Waals surface area contributed by atoms with Crippen molar-refractivity contribution in [2.24, 2.45) is 0 Å². The summed E-state index contributed by atoms with van der Waals surface area (Å²) in [5, 5.41) is 13.1. The molecule has 3 aromatic rings. The van der Waals surface area contributed by atoms with Gasteiger partial charge in [-0.05, 0) is 35.9 Å². The number of hydrogen-bond donors (Lipinski definition) is 1. The van der Waals surface area contributed by atoms with Gasteiger partial charge in [-0.2, -0.15) is 0 Å². The molecule has 0 aromatic heterocycles. The number of fused-ring (bicyclic) bond motifs is 2. The van der Waals surface area contributed by atoms with Crippen LogP contribution in [0.15, 0.2) is 78.9 Å². The first-order valence-corrected chi connectivity index (χ1v) is 9.01. The molecule has 4 rings (SSSR count). The van der Waals surface area contributed by atoms with E-state index in [0.717, 1.165) is 10.8 Å².